The van der Waals surface area contributed by atoms with Crippen LogP contribution < -0.4 is 4.90 Å². The van der Waals surface area contributed by atoms with Crippen molar-refractivity contribution in [3.05, 3.63) is 35.0 Å². The molecule has 3 aliphatic rings. The van der Waals surface area contributed by atoms with Gasteiger partial charge in [0.25, 0.3) is 5.84 Å². The van der Waals surface area contributed by atoms with Gasteiger partial charge in [-0.2, -0.15) is 0 Å². The molecule has 1 aromatic carbocycles. The van der Waals surface area contributed by atoms with E-state index >= 15 is 0 Å². The lowest BCUT2D eigenvalue weighted by Crippen LogP contribution is -2.53. The van der Waals surface area contributed by atoms with Crippen LogP contribution in [0.2, 0.25) is 0 Å². The van der Waals surface area contributed by atoms with Crippen LogP contribution in [0.25, 0.3) is 0 Å². The van der Waals surface area contributed by atoms with Crippen molar-refractivity contribution < 1.29 is 4.74 Å². The molecule has 0 aromatic heterocycles. The van der Waals surface area contributed by atoms with E-state index in [0.29, 0.717) is 0 Å². The molecule has 4 heteroatoms. The van der Waals surface area contributed by atoms with Crippen molar-refractivity contribution in [1.29, 1.82) is 0 Å². The highest BCUT2D eigenvalue weighted by molar-refractivity contribution is 6.01. The number of hydrogen-bond acceptors (Lipinski definition) is 3. The SMILES string of the molecule is [O-][N+]1=C(N2CCCCC2)c2ccccc2N2CCCCCC21. The van der Waals surface area contributed by atoms with Gasteiger partial charge in [-0.15, -0.1) is 0 Å². The minimum Gasteiger partial charge on any atom is -0.714 e. The first-order valence-electron chi connectivity index (χ1n) is 8.80. The van der Waals surface area contributed by atoms with E-state index in [1.165, 1.54) is 42.5 Å². The number of nitrogens with zero attached hydrogens (tertiary/aromatic N) is 3. The van der Waals surface area contributed by atoms with Gasteiger partial charge in [-0.05, 0) is 44.2 Å². The lowest BCUT2D eigenvalue weighted by atomic mass is 10.0. The fourth-order valence-corrected chi connectivity index (χ4v) is 4.20. The molecule has 0 aliphatic carbocycles. The maximum atomic E-state index is 13.2. The van der Waals surface area contributed by atoms with Gasteiger partial charge in [-0.25, -0.2) is 4.74 Å². The Morgan fingerprint density at radius 2 is 1.64 bits per heavy atom. The first-order chi connectivity index (χ1) is 10.9. The summed E-state index contributed by atoms with van der Waals surface area (Å²) in [5.74, 6) is 0.929. The Labute approximate surface area is 132 Å². The van der Waals surface area contributed by atoms with Crippen molar-refractivity contribution in [3.8, 4) is 0 Å². The van der Waals surface area contributed by atoms with Crippen LogP contribution in [0.1, 0.15) is 50.5 Å². The zero-order valence-electron chi connectivity index (χ0n) is 13.2. The van der Waals surface area contributed by atoms with Crippen LogP contribution in [0.3, 0.4) is 0 Å². The molecule has 0 spiro atoms. The Hall–Kier alpha value is -1.71. The minimum absolute atomic E-state index is 0.00525. The molecule has 2 fully saturated rings. The molecule has 0 N–H and O–H groups in total. The Kier molecular flexibility index (Phi) is 3.68. The molecule has 1 unspecified atom stereocenters. The third-order valence-electron chi connectivity index (χ3n) is 5.31. The number of hydroxylamine groups is 1. The third kappa shape index (κ3) is 2.25. The number of benzene rings is 1. The van der Waals surface area contributed by atoms with Gasteiger partial charge in [0, 0.05) is 13.0 Å². The number of rotatable bonds is 0. The van der Waals surface area contributed by atoms with Gasteiger partial charge in [0.2, 0.25) is 0 Å². The van der Waals surface area contributed by atoms with E-state index in [-0.39, 0.29) is 6.17 Å². The minimum atomic E-state index is -0.00525. The molecular weight excluding hydrogens is 274 g/mol. The van der Waals surface area contributed by atoms with E-state index in [0.717, 1.165) is 43.9 Å². The van der Waals surface area contributed by atoms with Crippen LogP contribution in [0, 0.1) is 5.21 Å². The van der Waals surface area contributed by atoms with E-state index in [2.05, 4.69) is 34.1 Å². The second-order valence-electron chi connectivity index (χ2n) is 6.74. The summed E-state index contributed by atoms with van der Waals surface area (Å²) in [7, 11) is 0. The summed E-state index contributed by atoms with van der Waals surface area (Å²) in [5, 5.41) is 13.2. The van der Waals surface area contributed by atoms with Crippen molar-refractivity contribution in [2.75, 3.05) is 24.5 Å². The van der Waals surface area contributed by atoms with Crippen molar-refractivity contribution in [1.82, 2.24) is 4.90 Å². The monoisotopic (exact) mass is 299 g/mol. The normalized spacial score (nSPS) is 25.5. The van der Waals surface area contributed by atoms with E-state index < -0.39 is 0 Å². The number of amidine groups is 1. The molecule has 1 aromatic rings. The summed E-state index contributed by atoms with van der Waals surface area (Å²) in [4.78, 5) is 4.68. The van der Waals surface area contributed by atoms with Gasteiger partial charge in [0.05, 0.1) is 24.3 Å². The van der Waals surface area contributed by atoms with Gasteiger partial charge in [-0.1, -0.05) is 18.6 Å². The fraction of sp³-hybridized carbons (Fsp3) is 0.611. The molecule has 3 heterocycles. The summed E-state index contributed by atoms with van der Waals surface area (Å²) in [6, 6.07) is 8.50. The molecule has 0 radical (unpaired) electrons. The summed E-state index contributed by atoms with van der Waals surface area (Å²) < 4.78 is 1.33. The summed E-state index contributed by atoms with van der Waals surface area (Å²) in [5.41, 5.74) is 2.40. The Morgan fingerprint density at radius 1 is 0.909 bits per heavy atom. The van der Waals surface area contributed by atoms with E-state index in [1.807, 2.05) is 0 Å². The standard InChI is InChI=1S/C18H25N3O/c22-21-17-11-3-1-8-14-20(17)16-10-5-4-9-15(16)18(21)19-12-6-2-7-13-19/h4-5,9-10,17H,1-3,6-8,11-14H2. The van der Waals surface area contributed by atoms with Crippen LogP contribution in [-0.4, -0.2) is 41.3 Å². The van der Waals surface area contributed by atoms with Gasteiger partial charge < -0.3 is 10.1 Å². The lowest BCUT2D eigenvalue weighted by molar-refractivity contribution is -0.507. The molecule has 0 bridgehead atoms. The van der Waals surface area contributed by atoms with Crippen LogP contribution in [0.5, 0.6) is 0 Å². The molecule has 118 valence electrons. The zero-order chi connectivity index (χ0) is 14.9. The topological polar surface area (TPSA) is 32.6 Å². The number of para-hydroxylation sites is 1. The van der Waals surface area contributed by atoms with Crippen LogP contribution in [0.15, 0.2) is 24.3 Å². The summed E-state index contributed by atoms with van der Waals surface area (Å²) >= 11 is 0. The van der Waals surface area contributed by atoms with Gasteiger partial charge in [0.15, 0.2) is 6.17 Å². The molecule has 2 saturated heterocycles. The molecular formula is C18H25N3O. The van der Waals surface area contributed by atoms with Gasteiger partial charge >= 0.3 is 0 Å². The first kappa shape index (κ1) is 13.9. The average Bonchev–Trinajstić information content (AvgIpc) is 2.82. The van der Waals surface area contributed by atoms with Crippen LogP contribution in [-0.2, 0) is 0 Å². The molecule has 3 aliphatic heterocycles. The van der Waals surface area contributed by atoms with Crippen molar-refractivity contribution in [2.24, 2.45) is 0 Å². The highest BCUT2D eigenvalue weighted by Gasteiger charge is 2.37. The van der Waals surface area contributed by atoms with E-state index in [1.54, 1.807) is 0 Å². The molecule has 1 atom stereocenters. The molecule has 0 amide bonds. The second kappa shape index (κ2) is 5.82. The molecule has 4 rings (SSSR count). The molecule has 4 nitrogen and oxygen atoms in total. The molecule has 0 saturated carbocycles. The predicted octanol–water partition coefficient (Wildman–Crippen LogP) is 3.15. The van der Waals surface area contributed by atoms with E-state index in [4.69, 9.17) is 0 Å². The smallest absolute Gasteiger partial charge is 0.286 e. The second-order valence-corrected chi connectivity index (χ2v) is 6.74. The first-order valence-corrected chi connectivity index (χ1v) is 8.80. The number of piperidine rings is 1. The Bertz CT molecular complexity index is 577. The lowest BCUT2D eigenvalue weighted by Gasteiger charge is -2.41. The summed E-state index contributed by atoms with van der Waals surface area (Å²) in [6.45, 7) is 3.05. The van der Waals surface area contributed by atoms with Crippen LogP contribution in [0.4, 0.5) is 5.69 Å². The Balaban J connectivity index is 1.81. The van der Waals surface area contributed by atoms with E-state index in [9.17, 15) is 5.21 Å². The highest BCUT2D eigenvalue weighted by atomic mass is 16.5. The largest absolute Gasteiger partial charge is 0.714 e. The summed E-state index contributed by atoms with van der Waals surface area (Å²) in [6.07, 6.45) is 8.26. The quantitative estimate of drug-likeness (QED) is 0.545. The Morgan fingerprint density at radius 3 is 2.50 bits per heavy atom. The average molecular weight is 299 g/mol. The number of hydrogen-bond donors (Lipinski definition) is 0. The highest BCUT2D eigenvalue weighted by Crippen LogP contribution is 2.33. The van der Waals surface area contributed by atoms with Crippen molar-refractivity contribution in [2.45, 2.75) is 51.1 Å². The number of likely N-dealkylation sites (tertiary alicyclic amines) is 1. The molecule has 22 heavy (non-hydrogen) atoms. The van der Waals surface area contributed by atoms with Gasteiger partial charge in [-0.3, -0.25) is 4.90 Å². The third-order valence-corrected chi connectivity index (χ3v) is 5.31. The number of anilines is 1. The maximum Gasteiger partial charge on any atom is 0.286 e. The maximum absolute atomic E-state index is 13.2. The predicted molar refractivity (Wildman–Crippen MR) is 89.2 cm³/mol. The van der Waals surface area contributed by atoms with Crippen molar-refractivity contribution in [3.63, 3.8) is 0 Å². The van der Waals surface area contributed by atoms with Crippen LogP contribution >= 0.6 is 0 Å². The van der Waals surface area contributed by atoms with Crippen molar-refractivity contribution >= 4 is 11.5 Å². The fourth-order valence-electron chi connectivity index (χ4n) is 4.20. The van der Waals surface area contributed by atoms with Gasteiger partial charge in [0.1, 0.15) is 0 Å². The zero-order valence-corrected chi connectivity index (χ0v) is 13.2. The number of fused-ring (bicyclic) bond motifs is 3.